The SMILES string of the molecule is CCc1nn2c(c1-c1ccccc1)NC(=O)C2CC(=O)Nc1ccccc1. The van der Waals surface area contributed by atoms with Gasteiger partial charge in [0.15, 0.2) is 0 Å². The van der Waals surface area contributed by atoms with Crippen LogP contribution in [0.1, 0.15) is 25.1 Å². The second-order valence-corrected chi connectivity index (χ2v) is 6.46. The topological polar surface area (TPSA) is 76.0 Å². The molecule has 136 valence electrons. The van der Waals surface area contributed by atoms with E-state index in [-0.39, 0.29) is 18.2 Å². The molecule has 0 aliphatic carbocycles. The van der Waals surface area contributed by atoms with Gasteiger partial charge in [-0.1, -0.05) is 55.5 Å². The molecular weight excluding hydrogens is 340 g/mol. The largest absolute Gasteiger partial charge is 0.326 e. The van der Waals surface area contributed by atoms with Crippen molar-refractivity contribution in [3.8, 4) is 11.1 Å². The third-order valence-electron chi connectivity index (χ3n) is 4.66. The second-order valence-electron chi connectivity index (χ2n) is 6.46. The zero-order valence-corrected chi connectivity index (χ0v) is 15.0. The summed E-state index contributed by atoms with van der Waals surface area (Å²) in [4.78, 5) is 24.9. The molecule has 0 spiro atoms. The van der Waals surface area contributed by atoms with Crippen molar-refractivity contribution in [1.82, 2.24) is 9.78 Å². The van der Waals surface area contributed by atoms with Crippen molar-refractivity contribution in [3.63, 3.8) is 0 Å². The fourth-order valence-electron chi connectivity index (χ4n) is 3.38. The molecule has 6 heteroatoms. The Kier molecular flexibility index (Phi) is 4.46. The van der Waals surface area contributed by atoms with E-state index in [1.165, 1.54) is 0 Å². The quantitative estimate of drug-likeness (QED) is 0.729. The highest BCUT2D eigenvalue weighted by Gasteiger charge is 2.36. The first-order valence-corrected chi connectivity index (χ1v) is 9.00. The number of carbonyl (C=O) groups is 2. The lowest BCUT2D eigenvalue weighted by Gasteiger charge is -2.10. The predicted octanol–water partition coefficient (Wildman–Crippen LogP) is 3.63. The molecule has 1 aliphatic rings. The molecule has 0 fully saturated rings. The Morgan fingerprint density at radius 1 is 1.11 bits per heavy atom. The fraction of sp³-hybridized carbons (Fsp3) is 0.190. The molecule has 0 saturated heterocycles. The summed E-state index contributed by atoms with van der Waals surface area (Å²) in [6.07, 6.45) is 0.774. The van der Waals surface area contributed by atoms with Crippen LogP contribution in [0.3, 0.4) is 0 Å². The first-order valence-electron chi connectivity index (χ1n) is 9.00. The monoisotopic (exact) mass is 360 g/mol. The van der Waals surface area contributed by atoms with Gasteiger partial charge in [0.1, 0.15) is 11.9 Å². The van der Waals surface area contributed by atoms with Gasteiger partial charge < -0.3 is 10.6 Å². The maximum absolute atomic E-state index is 12.5. The highest BCUT2D eigenvalue weighted by Crippen LogP contribution is 2.38. The lowest BCUT2D eigenvalue weighted by atomic mass is 10.0. The van der Waals surface area contributed by atoms with Gasteiger partial charge in [-0.05, 0) is 24.1 Å². The standard InChI is InChI=1S/C21H20N4O2/c1-2-16-19(14-9-5-3-6-10-14)20-23-21(27)17(25(20)24-16)13-18(26)22-15-11-7-4-8-12-15/h3-12,17H,2,13H2,1H3,(H,22,26)(H,23,27). The number of hydrogen-bond acceptors (Lipinski definition) is 3. The molecule has 1 aliphatic heterocycles. The van der Waals surface area contributed by atoms with Crippen LogP contribution in [-0.2, 0) is 16.0 Å². The number of fused-ring (bicyclic) bond motifs is 1. The van der Waals surface area contributed by atoms with Crippen molar-refractivity contribution in [1.29, 1.82) is 0 Å². The molecule has 2 amide bonds. The van der Waals surface area contributed by atoms with E-state index >= 15 is 0 Å². The van der Waals surface area contributed by atoms with Crippen LogP contribution in [0.25, 0.3) is 11.1 Å². The van der Waals surface area contributed by atoms with Gasteiger partial charge in [-0.3, -0.25) is 9.59 Å². The minimum atomic E-state index is -0.647. The van der Waals surface area contributed by atoms with Crippen LogP contribution in [0, 0.1) is 0 Å². The molecule has 2 heterocycles. The van der Waals surface area contributed by atoms with Crippen LogP contribution in [0.4, 0.5) is 11.5 Å². The first kappa shape index (κ1) is 17.0. The van der Waals surface area contributed by atoms with Gasteiger partial charge in [0, 0.05) is 11.3 Å². The zero-order valence-electron chi connectivity index (χ0n) is 15.0. The number of aromatic nitrogens is 2. The van der Waals surface area contributed by atoms with Crippen LogP contribution < -0.4 is 10.6 Å². The van der Waals surface area contributed by atoms with E-state index < -0.39 is 6.04 Å². The highest BCUT2D eigenvalue weighted by atomic mass is 16.2. The van der Waals surface area contributed by atoms with E-state index in [1.54, 1.807) is 4.68 Å². The first-order chi connectivity index (χ1) is 13.2. The molecular formula is C21H20N4O2. The number of anilines is 2. The number of rotatable bonds is 5. The van der Waals surface area contributed by atoms with Crippen molar-refractivity contribution in [3.05, 3.63) is 66.4 Å². The molecule has 2 aromatic carbocycles. The molecule has 0 saturated carbocycles. The lowest BCUT2D eigenvalue weighted by Crippen LogP contribution is -2.23. The van der Waals surface area contributed by atoms with Crippen molar-refractivity contribution in [2.45, 2.75) is 25.8 Å². The summed E-state index contributed by atoms with van der Waals surface area (Å²) >= 11 is 0. The smallest absolute Gasteiger partial charge is 0.251 e. The summed E-state index contributed by atoms with van der Waals surface area (Å²) in [5.74, 6) is 0.241. The van der Waals surface area contributed by atoms with E-state index in [0.717, 1.165) is 23.2 Å². The van der Waals surface area contributed by atoms with Crippen LogP contribution in [0.5, 0.6) is 0 Å². The van der Waals surface area contributed by atoms with Gasteiger partial charge in [-0.25, -0.2) is 4.68 Å². The lowest BCUT2D eigenvalue weighted by molar-refractivity contribution is -0.123. The Balaban J connectivity index is 1.62. The van der Waals surface area contributed by atoms with Crippen molar-refractivity contribution < 1.29 is 9.59 Å². The third kappa shape index (κ3) is 3.21. The van der Waals surface area contributed by atoms with Crippen LogP contribution >= 0.6 is 0 Å². The van der Waals surface area contributed by atoms with Gasteiger partial charge >= 0.3 is 0 Å². The summed E-state index contributed by atoms with van der Waals surface area (Å²) in [6.45, 7) is 2.03. The number of carbonyl (C=O) groups excluding carboxylic acids is 2. The number of para-hydroxylation sites is 1. The third-order valence-corrected chi connectivity index (χ3v) is 4.66. The summed E-state index contributed by atoms with van der Waals surface area (Å²) in [5, 5.41) is 10.4. The number of amides is 2. The molecule has 3 aromatic rings. The average Bonchev–Trinajstić information content (AvgIpc) is 3.19. The molecule has 0 radical (unpaired) electrons. The van der Waals surface area contributed by atoms with Gasteiger partial charge in [-0.15, -0.1) is 0 Å². The normalized spacial score (nSPS) is 15.3. The van der Waals surface area contributed by atoms with Crippen molar-refractivity contribution in [2.24, 2.45) is 0 Å². The van der Waals surface area contributed by atoms with Gasteiger partial charge in [-0.2, -0.15) is 5.10 Å². The fourth-order valence-corrected chi connectivity index (χ4v) is 3.38. The van der Waals surface area contributed by atoms with Gasteiger partial charge in [0.05, 0.1) is 12.1 Å². The summed E-state index contributed by atoms with van der Waals surface area (Å²) in [5.41, 5.74) is 3.55. The van der Waals surface area contributed by atoms with Crippen LogP contribution in [-0.4, -0.2) is 21.6 Å². The van der Waals surface area contributed by atoms with Crippen molar-refractivity contribution in [2.75, 3.05) is 10.6 Å². The maximum Gasteiger partial charge on any atom is 0.251 e. The second kappa shape index (κ2) is 7.07. The Labute approximate surface area is 157 Å². The Morgan fingerprint density at radius 2 is 1.78 bits per heavy atom. The zero-order chi connectivity index (χ0) is 18.8. The molecule has 2 N–H and O–H groups in total. The molecule has 1 aromatic heterocycles. The van der Waals surface area contributed by atoms with Crippen molar-refractivity contribution >= 4 is 23.3 Å². The maximum atomic E-state index is 12.5. The molecule has 6 nitrogen and oxygen atoms in total. The van der Waals surface area contributed by atoms with Gasteiger partial charge in [0.2, 0.25) is 5.91 Å². The number of aryl methyl sites for hydroxylation is 1. The number of hydrogen-bond donors (Lipinski definition) is 2. The molecule has 1 unspecified atom stereocenters. The van der Waals surface area contributed by atoms with E-state index in [1.807, 2.05) is 67.6 Å². The molecule has 4 rings (SSSR count). The van der Waals surface area contributed by atoms with E-state index in [9.17, 15) is 9.59 Å². The van der Waals surface area contributed by atoms with E-state index in [2.05, 4.69) is 15.7 Å². The molecule has 27 heavy (non-hydrogen) atoms. The Bertz CT molecular complexity index is 980. The number of nitrogens with one attached hydrogen (secondary N) is 2. The van der Waals surface area contributed by atoms with Crippen LogP contribution in [0.2, 0.25) is 0 Å². The van der Waals surface area contributed by atoms with Crippen LogP contribution in [0.15, 0.2) is 60.7 Å². The highest BCUT2D eigenvalue weighted by molar-refractivity contribution is 6.04. The molecule has 1 atom stereocenters. The van der Waals surface area contributed by atoms with E-state index in [0.29, 0.717) is 11.5 Å². The molecule has 0 bridgehead atoms. The predicted molar refractivity (Wildman–Crippen MR) is 104 cm³/mol. The average molecular weight is 360 g/mol. The Morgan fingerprint density at radius 3 is 2.44 bits per heavy atom. The number of benzene rings is 2. The minimum absolute atomic E-state index is 0.0345. The Hall–Kier alpha value is -3.41. The summed E-state index contributed by atoms with van der Waals surface area (Å²) in [7, 11) is 0. The minimum Gasteiger partial charge on any atom is -0.326 e. The van der Waals surface area contributed by atoms with E-state index in [4.69, 9.17) is 0 Å². The van der Waals surface area contributed by atoms with Gasteiger partial charge in [0.25, 0.3) is 5.91 Å². The summed E-state index contributed by atoms with van der Waals surface area (Å²) in [6, 6.07) is 18.4. The number of nitrogens with zero attached hydrogens (tertiary/aromatic N) is 2. The summed E-state index contributed by atoms with van der Waals surface area (Å²) < 4.78 is 1.66.